The molecule has 1 aliphatic heterocycles. The number of nitrogens with one attached hydrogen (secondary N) is 1. The van der Waals surface area contributed by atoms with Gasteiger partial charge in [0.05, 0.1) is 11.1 Å². The van der Waals surface area contributed by atoms with Gasteiger partial charge < -0.3 is 5.32 Å². The van der Waals surface area contributed by atoms with Crippen LogP contribution >= 0.6 is 11.6 Å². The van der Waals surface area contributed by atoms with Gasteiger partial charge in [0.1, 0.15) is 5.25 Å². The van der Waals surface area contributed by atoms with Gasteiger partial charge in [-0.25, -0.2) is 8.42 Å². The summed E-state index contributed by atoms with van der Waals surface area (Å²) in [7, 11) is -3.25. The molecular formula is C12H22ClNO3S. The molecule has 2 atom stereocenters. The van der Waals surface area contributed by atoms with E-state index in [0.29, 0.717) is 25.3 Å². The minimum atomic E-state index is -3.25. The molecule has 1 saturated heterocycles. The first-order valence-corrected chi connectivity index (χ1v) is 8.61. The highest BCUT2D eigenvalue weighted by molar-refractivity contribution is 7.92. The van der Waals surface area contributed by atoms with Gasteiger partial charge in [-0.2, -0.15) is 0 Å². The second kappa shape index (κ2) is 6.75. The minimum Gasteiger partial charge on any atom is -0.353 e. The number of carbonyl (C=O) groups is 1. The van der Waals surface area contributed by atoms with Gasteiger partial charge in [0, 0.05) is 6.54 Å². The molecule has 106 valence electrons. The maximum absolute atomic E-state index is 11.9. The third-order valence-electron chi connectivity index (χ3n) is 3.10. The molecule has 0 aromatic rings. The van der Waals surface area contributed by atoms with Crippen LogP contribution in [0.1, 0.15) is 39.5 Å². The third-order valence-corrected chi connectivity index (χ3v) is 5.60. The van der Waals surface area contributed by atoms with Crippen molar-refractivity contribution in [2.24, 2.45) is 5.92 Å². The van der Waals surface area contributed by atoms with Gasteiger partial charge in [-0.3, -0.25) is 4.79 Å². The monoisotopic (exact) mass is 295 g/mol. The maximum Gasteiger partial charge on any atom is 0.238 e. The van der Waals surface area contributed by atoms with E-state index in [9.17, 15) is 13.2 Å². The summed E-state index contributed by atoms with van der Waals surface area (Å²) >= 11 is 6.07. The number of rotatable bonds is 5. The number of hydrogen-bond acceptors (Lipinski definition) is 3. The maximum atomic E-state index is 11.9. The molecule has 0 aromatic heterocycles. The van der Waals surface area contributed by atoms with E-state index in [0.717, 1.165) is 12.8 Å². The Labute approximate surface area is 114 Å². The summed E-state index contributed by atoms with van der Waals surface area (Å²) in [6, 6.07) is 0. The van der Waals surface area contributed by atoms with Gasteiger partial charge in [-0.05, 0) is 25.2 Å². The smallest absolute Gasteiger partial charge is 0.238 e. The second-order valence-corrected chi connectivity index (χ2v) is 8.24. The van der Waals surface area contributed by atoms with Gasteiger partial charge in [0.15, 0.2) is 9.84 Å². The average molecular weight is 296 g/mol. The zero-order chi connectivity index (χ0) is 13.8. The zero-order valence-corrected chi connectivity index (χ0v) is 12.6. The summed E-state index contributed by atoms with van der Waals surface area (Å²) in [4.78, 5) is 11.9. The van der Waals surface area contributed by atoms with E-state index in [1.807, 2.05) is 0 Å². The van der Waals surface area contributed by atoms with Crippen molar-refractivity contribution in [1.29, 1.82) is 0 Å². The number of carbonyl (C=O) groups excluding carboxylic acids is 1. The largest absolute Gasteiger partial charge is 0.353 e. The van der Waals surface area contributed by atoms with Gasteiger partial charge in [0.25, 0.3) is 0 Å². The van der Waals surface area contributed by atoms with Crippen molar-refractivity contribution in [3.05, 3.63) is 0 Å². The van der Waals surface area contributed by atoms with Gasteiger partial charge in [-0.15, -0.1) is 11.6 Å². The lowest BCUT2D eigenvalue weighted by Crippen LogP contribution is -2.44. The fourth-order valence-electron chi connectivity index (χ4n) is 2.17. The summed E-state index contributed by atoms with van der Waals surface area (Å²) in [5.41, 5.74) is 0. The van der Waals surface area contributed by atoms with E-state index in [1.165, 1.54) is 0 Å². The van der Waals surface area contributed by atoms with Crippen LogP contribution in [0.4, 0.5) is 0 Å². The molecule has 1 fully saturated rings. The highest BCUT2D eigenvalue weighted by Crippen LogP contribution is 2.19. The van der Waals surface area contributed by atoms with Gasteiger partial charge in [-0.1, -0.05) is 20.3 Å². The number of amides is 1. The third kappa shape index (κ3) is 4.76. The van der Waals surface area contributed by atoms with Crippen LogP contribution in [0.15, 0.2) is 0 Å². The van der Waals surface area contributed by atoms with Crippen LogP contribution in [-0.2, 0) is 14.6 Å². The molecule has 6 heteroatoms. The highest BCUT2D eigenvalue weighted by Gasteiger charge is 2.34. The quantitative estimate of drug-likeness (QED) is 0.786. The van der Waals surface area contributed by atoms with Crippen molar-refractivity contribution in [3.8, 4) is 0 Å². The predicted octanol–water partition coefficient (Wildman–Crippen LogP) is 1.72. The molecule has 0 saturated carbocycles. The molecule has 1 heterocycles. The van der Waals surface area contributed by atoms with Crippen molar-refractivity contribution < 1.29 is 13.2 Å². The zero-order valence-electron chi connectivity index (χ0n) is 11.0. The topological polar surface area (TPSA) is 63.2 Å². The molecule has 4 nitrogen and oxygen atoms in total. The predicted molar refractivity (Wildman–Crippen MR) is 73.5 cm³/mol. The Morgan fingerprint density at radius 2 is 2.06 bits per heavy atom. The SMILES string of the molecule is CC(C)CC(Cl)CNC(=O)C1CCCCS1(=O)=O. The van der Waals surface area contributed by atoms with Crippen LogP contribution in [0.5, 0.6) is 0 Å². The first-order valence-electron chi connectivity index (χ1n) is 6.46. The molecule has 18 heavy (non-hydrogen) atoms. The molecule has 1 aliphatic rings. The van der Waals surface area contributed by atoms with Crippen molar-refractivity contribution in [3.63, 3.8) is 0 Å². The molecule has 1 rings (SSSR count). The number of sulfone groups is 1. The Morgan fingerprint density at radius 3 is 2.61 bits per heavy atom. The number of halogens is 1. The molecule has 0 aromatic carbocycles. The Hall–Kier alpha value is -0.290. The summed E-state index contributed by atoms with van der Waals surface area (Å²) in [6.07, 6.45) is 2.70. The Morgan fingerprint density at radius 1 is 1.39 bits per heavy atom. The van der Waals surface area contributed by atoms with E-state index in [1.54, 1.807) is 0 Å². The van der Waals surface area contributed by atoms with E-state index >= 15 is 0 Å². The van der Waals surface area contributed by atoms with E-state index in [2.05, 4.69) is 19.2 Å². The van der Waals surface area contributed by atoms with Crippen LogP contribution in [-0.4, -0.2) is 37.2 Å². The Balaban J connectivity index is 2.45. The Bertz CT molecular complexity index is 381. The van der Waals surface area contributed by atoms with Gasteiger partial charge >= 0.3 is 0 Å². The lowest BCUT2D eigenvalue weighted by molar-refractivity contribution is -0.120. The van der Waals surface area contributed by atoms with Crippen molar-refractivity contribution in [2.75, 3.05) is 12.3 Å². The fraction of sp³-hybridized carbons (Fsp3) is 0.917. The lowest BCUT2D eigenvalue weighted by Gasteiger charge is -2.22. The Kier molecular flexibility index (Phi) is 5.92. The normalized spacial score (nSPS) is 24.8. The standard InChI is InChI=1S/C12H22ClNO3S/c1-9(2)7-10(13)8-14-12(15)11-5-3-4-6-18(11,16)17/h9-11H,3-8H2,1-2H3,(H,14,15). The van der Waals surface area contributed by atoms with E-state index in [-0.39, 0.29) is 17.0 Å². The molecule has 2 unspecified atom stereocenters. The average Bonchev–Trinajstić information content (AvgIpc) is 2.24. The first-order chi connectivity index (χ1) is 8.33. The van der Waals surface area contributed by atoms with Crippen LogP contribution in [0, 0.1) is 5.92 Å². The summed E-state index contributed by atoms with van der Waals surface area (Å²) < 4.78 is 23.5. The molecule has 0 radical (unpaired) electrons. The van der Waals surface area contributed by atoms with Crippen LogP contribution in [0.25, 0.3) is 0 Å². The van der Waals surface area contributed by atoms with E-state index < -0.39 is 15.1 Å². The molecule has 1 amide bonds. The number of alkyl halides is 1. The number of hydrogen-bond donors (Lipinski definition) is 1. The summed E-state index contributed by atoms with van der Waals surface area (Å²) in [5, 5.41) is 1.66. The van der Waals surface area contributed by atoms with Crippen LogP contribution in [0.2, 0.25) is 0 Å². The van der Waals surface area contributed by atoms with Gasteiger partial charge in [0.2, 0.25) is 5.91 Å². The molecular weight excluding hydrogens is 274 g/mol. The molecule has 0 bridgehead atoms. The molecule has 0 aliphatic carbocycles. The van der Waals surface area contributed by atoms with E-state index in [4.69, 9.17) is 11.6 Å². The summed E-state index contributed by atoms with van der Waals surface area (Å²) in [5.74, 6) is 0.202. The highest BCUT2D eigenvalue weighted by atomic mass is 35.5. The van der Waals surface area contributed by atoms with Crippen molar-refractivity contribution >= 4 is 27.3 Å². The van der Waals surface area contributed by atoms with Crippen LogP contribution < -0.4 is 5.32 Å². The van der Waals surface area contributed by atoms with Crippen molar-refractivity contribution in [1.82, 2.24) is 5.32 Å². The summed E-state index contributed by atoms with van der Waals surface area (Å²) in [6.45, 7) is 4.45. The van der Waals surface area contributed by atoms with Crippen molar-refractivity contribution in [2.45, 2.75) is 50.2 Å². The lowest BCUT2D eigenvalue weighted by atomic mass is 10.1. The fourth-order valence-corrected chi connectivity index (χ4v) is 4.43. The van der Waals surface area contributed by atoms with Crippen LogP contribution in [0.3, 0.4) is 0 Å². The first kappa shape index (κ1) is 15.8. The molecule has 1 N–H and O–H groups in total. The second-order valence-electron chi connectivity index (χ2n) is 5.32. The minimum absolute atomic E-state index is 0.126. The molecule has 0 spiro atoms.